The largest absolute Gasteiger partial charge is 0.507 e. The Labute approximate surface area is 275 Å². The maximum absolute atomic E-state index is 15.0. The Hall–Kier alpha value is -4.42. The molecule has 7 rings (SSSR count). The number of benzene rings is 2. The molecule has 3 heterocycles. The lowest BCUT2D eigenvalue weighted by atomic mass is 9.49. The Kier molecular flexibility index (Phi) is 7.18. The molecule has 4 aliphatic rings. The van der Waals surface area contributed by atoms with Crippen LogP contribution in [0.2, 0.25) is 10.0 Å². The molecule has 0 unspecified atom stereocenters. The molecule has 2 aromatic carbocycles. The number of para-hydroxylation sites is 1. The van der Waals surface area contributed by atoms with Crippen LogP contribution >= 0.6 is 23.2 Å². The monoisotopic (exact) mass is 684 g/mol. The van der Waals surface area contributed by atoms with E-state index in [1.807, 2.05) is 6.08 Å². The molecule has 2 aliphatic heterocycles. The average Bonchev–Trinajstić information content (AvgIpc) is 3.43. The van der Waals surface area contributed by atoms with Crippen LogP contribution in [0.5, 0.6) is 5.75 Å². The number of nitrogens with one attached hydrogen (secondary N) is 2. The highest BCUT2D eigenvalue weighted by Crippen LogP contribution is 2.64. The number of hydrogen-bond acceptors (Lipinski definition) is 7. The van der Waals surface area contributed by atoms with Crippen molar-refractivity contribution in [3.05, 3.63) is 98.7 Å². The van der Waals surface area contributed by atoms with Gasteiger partial charge in [-0.3, -0.25) is 29.9 Å². The summed E-state index contributed by atoms with van der Waals surface area (Å²) in [7, 11) is 0. The topological polar surface area (TPSA) is 129 Å². The molecule has 3 aromatic rings. The van der Waals surface area contributed by atoms with E-state index in [1.54, 1.807) is 49.4 Å². The van der Waals surface area contributed by atoms with Gasteiger partial charge in [0.1, 0.15) is 5.75 Å². The molecule has 4 amide bonds. The van der Waals surface area contributed by atoms with Crippen LogP contribution in [0.25, 0.3) is 0 Å². The number of allylic oxidation sites excluding steroid dienone is 2. The molecule has 242 valence electrons. The number of pyridine rings is 1. The molecule has 2 saturated heterocycles. The first-order valence-electron chi connectivity index (χ1n) is 14.7. The number of phenolic OH excluding ortho intramolecular Hbond substituents is 1. The Morgan fingerprint density at radius 2 is 1.77 bits per heavy atom. The van der Waals surface area contributed by atoms with Gasteiger partial charge in [-0.2, -0.15) is 18.2 Å². The highest BCUT2D eigenvalue weighted by Gasteiger charge is 2.70. The predicted molar refractivity (Wildman–Crippen MR) is 163 cm³/mol. The van der Waals surface area contributed by atoms with Gasteiger partial charge in [-0.25, -0.2) is 4.98 Å². The van der Waals surface area contributed by atoms with Crippen LogP contribution in [-0.4, -0.2) is 38.7 Å². The van der Waals surface area contributed by atoms with Gasteiger partial charge in [0.15, 0.2) is 5.82 Å². The molecule has 9 nitrogen and oxygen atoms in total. The summed E-state index contributed by atoms with van der Waals surface area (Å²) in [5.41, 5.74) is 1.57. The molecule has 0 bridgehead atoms. The van der Waals surface area contributed by atoms with Crippen molar-refractivity contribution in [3.8, 4) is 5.75 Å². The molecular weight excluding hydrogens is 660 g/mol. The Morgan fingerprint density at radius 3 is 2.45 bits per heavy atom. The van der Waals surface area contributed by atoms with E-state index >= 15 is 4.79 Å². The number of anilines is 1. The summed E-state index contributed by atoms with van der Waals surface area (Å²) in [5, 5.41) is 14.5. The van der Waals surface area contributed by atoms with E-state index in [-0.39, 0.29) is 24.4 Å². The zero-order valence-corrected chi connectivity index (χ0v) is 26.0. The summed E-state index contributed by atoms with van der Waals surface area (Å²) in [6.07, 6.45) is -2.19. The van der Waals surface area contributed by atoms with Crippen molar-refractivity contribution in [3.63, 3.8) is 0 Å². The summed E-state index contributed by atoms with van der Waals surface area (Å²) in [5.74, 6) is -7.18. The molecule has 1 saturated carbocycles. The molecule has 6 atom stereocenters. The third kappa shape index (κ3) is 4.56. The van der Waals surface area contributed by atoms with Crippen LogP contribution in [0.3, 0.4) is 0 Å². The second-order valence-electron chi connectivity index (χ2n) is 12.3. The summed E-state index contributed by atoms with van der Waals surface area (Å²) in [6.45, 7) is 1.69. The second-order valence-corrected chi connectivity index (χ2v) is 13.1. The van der Waals surface area contributed by atoms with Crippen molar-refractivity contribution < 1.29 is 37.5 Å². The van der Waals surface area contributed by atoms with Gasteiger partial charge in [0.05, 0.1) is 33.8 Å². The van der Waals surface area contributed by atoms with Gasteiger partial charge in [0.2, 0.25) is 11.8 Å². The lowest BCUT2D eigenvalue weighted by molar-refractivity contribution is -0.139. The molecule has 3 N–H and O–H groups in total. The normalized spacial score (nSPS) is 28.4. The zero-order chi connectivity index (χ0) is 33.6. The number of nitrogens with zero attached hydrogens (tertiary/aromatic N) is 2. The molecule has 0 spiro atoms. The summed E-state index contributed by atoms with van der Waals surface area (Å²) < 4.78 is 40.0. The number of aromatic hydroxyl groups is 1. The van der Waals surface area contributed by atoms with Crippen LogP contribution in [0.15, 0.2) is 66.4 Å². The van der Waals surface area contributed by atoms with E-state index < -0.39 is 75.4 Å². The molecule has 0 radical (unpaired) electrons. The van der Waals surface area contributed by atoms with Crippen LogP contribution < -0.4 is 10.7 Å². The third-order valence-electron chi connectivity index (χ3n) is 9.98. The molecule has 14 heteroatoms. The fraction of sp³-hybridized carbons (Fsp3) is 0.303. The number of hydrogen-bond donors (Lipinski definition) is 3. The van der Waals surface area contributed by atoms with E-state index in [2.05, 4.69) is 15.7 Å². The van der Waals surface area contributed by atoms with E-state index in [0.29, 0.717) is 44.6 Å². The first kappa shape index (κ1) is 31.2. The average molecular weight is 685 g/mol. The van der Waals surface area contributed by atoms with Gasteiger partial charge in [0, 0.05) is 22.7 Å². The molecular formula is C33H25Cl2F3N4O5. The van der Waals surface area contributed by atoms with E-state index in [0.717, 1.165) is 0 Å². The second kappa shape index (κ2) is 10.8. The van der Waals surface area contributed by atoms with Gasteiger partial charge in [-0.15, -0.1) is 0 Å². The summed E-state index contributed by atoms with van der Waals surface area (Å²) in [6, 6.07) is 12.0. The smallest absolute Gasteiger partial charge is 0.417 e. The number of carbonyl (C=O) groups excluding carboxylic acids is 4. The van der Waals surface area contributed by atoms with Crippen LogP contribution in [0.4, 0.5) is 19.0 Å². The number of alkyl halides is 3. The Morgan fingerprint density at radius 1 is 1.04 bits per heavy atom. The van der Waals surface area contributed by atoms with Crippen molar-refractivity contribution >= 4 is 52.6 Å². The van der Waals surface area contributed by atoms with Gasteiger partial charge in [0.25, 0.3) is 11.8 Å². The summed E-state index contributed by atoms with van der Waals surface area (Å²) in [4.78, 5) is 59.2. The van der Waals surface area contributed by atoms with Crippen LogP contribution in [-0.2, 0) is 30.8 Å². The Bertz CT molecular complexity index is 1920. The lowest BCUT2D eigenvalue weighted by Gasteiger charge is -2.50. The molecule has 47 heavy (non-hydrogen) atoms. The number of carbonyl (C=O) groups is 4. The van der Waals surface area contributed by atoms with Crippen molar-refractivity contribution in [1.82, 2.24) is 15.3 Å². The van der Waals surface area contributed by atoms with Gasteiger partial charge < -0.3 is 5.11 Å². The number of hydrazine groups is 1. The number of amides is 4. The number of halogens is 5. The standard InChI is InChI=1S/C33H25Cl2F3N4O5/c1-14-3-2-4-20(26(14)43)25-18-9-10-19-24(29(45)40-28(19)44)21(18)12-22-30(46)42(31(47)32(22,25)15-5-7-17(34)8-6-15)41-27-23(35)11-16(13-39-27)33(36,37)38/h2-9,11,13,19,21-22,24-25,43H,10,12H2,1H3,(H,39,41)(H,40,44,45)/t19-,21+,22-,24-,25+,32+/m0/s1. The number of aryl methyl sites for hydroxylation is 1. The predicted octanol–water partition coefficient (Wildman–Crippen LogP) is 5.69. The first-order valence-corrected chi connectivity index (χ1v) is 15.5. The minimum absolute atomic E-state index is 0.0175. The van der Waals surface area contributed by atoms with Crippen LogP contribution in [0.1, 0.15) is 41.0 Å². The maximum Gasteiger partial charge on any atom is 0.417 e. The maximum atomic E-state index is 15.0. The quantitative estimate of drug-likeness (QED) is 0.238. The first-order chi connectivity index (χ1) is 22.2. The third-order valence-corrected chi connectivity index (χ3v) is 10.5. The van der Waals surface area contributed by atoms with Gasteiger partial charge in [-0.05, 0) is 55.0 Å². The molecule has 1 aromatic heterocycles. The highest BCUT2D eigenvalue weighted by atomic mass is 35.5. The minimum atomic E-state index is -4.74. The fourth-order valence-electron chi connectivity index (χ4n) is 7.95. The molecule has 2 aliphatic carbocycles. The minimum Gasteiger partial charge on any atom is -0.507 e. The van der Waals surface area contributed by atoms with E-state index in [1.165, 1.54) is 0 Å². The lowest BCUT2D eigenvalue weighted by Crippen LogP contribution is -2.53. The van der Waals surface area contributed by atoms with Gasteiger partial charge >= 0.3 is 6.18 Å². The van der Waals surface area contributed by atoms with Crippen molar-refractivity contribution in [2.24, 2.45) is 23.7 Å². The highest BCUT2D eigenvalue weighted by molar-refractivity contribution is 6.33. The van der Waals surface area contributed by atoms with Crippen LogP contribution in [0, 0.1) is 30.6 Å². The van der Waals surface area contributed by atoms with Gasteiger partial charge in [-0.1, -0.05) is 65.2 Å². The number of phenols is 1. The van der Waals surface area contributed by atoms with Crippen molar-refractivity contribution in [1.29, 1.82) is 0 Å². The number of fused-ring (bicyclic) bond motifs is 4. The number of imide groups is 2. The van der Waals surface area contributed by atoms with Crippen molar-refractivity contribution in [2.45, 2.75) is 37.3 Å². The van der Waals surface area contributed by atoms with E-state index in [4.69, 9.17) is 23.2 Å². The van der Waals surface area contributed by atoms with Crippen molar-refractivity contribution in [2.75, 3.05) is 5.43 Å². The molecule has 3 fully saturated rings. The number of aromatic nitrogens is 1. The SMILES string of the molecule is Cc1cccc([C@H]2C3=CC[C@@H]4C(=O)NC(=O)[C@@H]4[C@@H]3C[C@H]3C(=O)N(Nc4ncc(C(F)(F)F)cc4Cl)C(=O)[C@@]23c2ccc(Cl)cc2)c1O. The van der Waals surface area contributed by atoms with E-state index in [9.17, 15) is 32.7 Å². The zero-order valence-electron chi connectivity index (χ0n) is 24.4. The summed E-state index contributed by atoms with van der Waals surface area (Å²) >= 11 is 12.4. The Balaban J connectivity index is 1.45. The number of rotatable bonds is 4. The fourth-order valence-corrected chi connectivity index (χ4v) is 8.29.